The van der Waals surface area contributed by atoms with Crippen molar-refractivity contribution in [2.45, 2.75) is 62.6 Å². The Morgan fingerprint density at radius 1 is 1.14 bits per heavy atom. The summed E-state index contributed by atoms with van der Waals surface area (Å²) in [5.74, 6) is -0.416. The van der Waals surface area contributed by atoms with Crippen LogP contribution in [-0.2, 0) is 10.0 Å². The third kappa shape index (κ3) is 2.39. The lowest BCUT2D eigenvalue weighted by Crippen LogP contribution is -2.48. The maximum atomic E-state index is 13.4. The Bertz CT molecular complexity index is 636. The Hall–Kier alpha value is -0.980. The van der Waals surface area contributed by atoms with E-state index in [2.05, 4.69) is 0 Å². The molecule has 0 spiro atoms. The van der Waals surface area contributed by atoms with Crippen LogP contribution >= 0.6 is 0 Å². The molecule has 2 heterocycles. The fraction of sp³-hybridized carbons (Fsp3) is 0.600. The number of fused-ring (bicyclic) bond motifs is 2. The fourth-order valence-corrected chi connectivity index (χ4v) is 6.22. The first-order valence-corrected chi connectivity index (χ1v) is 8.73. The van der Waals surface area contributed by atoms with Crippen LogP contribution in [-0.4, -0.2) is 36.0 Å². The van der Waals surface area contributed by atoms with Crippen molar-refractivity contribution in [3.8, 4) is 0 Å². The first-order chi connectivity index (χ1) is 9.80. The predicted molar refractivity (Wildman–Crippen MR) is 76.9 cm³/mol. The molecule has 4 nitrogen and oxygen atoms in total. The van der Waals surface area contributed by atoms with Crippen molar-refractivity contribution >= 4 is 10.0 Å². The zero-order valence-electron chi connectivity index (χ0n) is 12.2. The summed E-state index contributed by atoms with van der Waals surface area (Å²) >= 11 is 0. The van der Waals surface area contributed by atoms with Crippen LogP contribution in [0.5, 0.6) is 0 Å². The van der Waals surface area contributed by atoms with Gasteiger partial charge in [-0.25, -0.2) is 12.8 Å². The number of aryl methyl sites for hydroxylation is 2. The SMILES string of the molecule is Cc1cc(F)cc(C)c1S(=O)(=O)N1C2CCC1CC(O)C2. The second-order valence-corrected chi connectivity index (χ2v) is 7.99. The molecule has 1 N–H and O–H groups in total. The second-order valence-electron chi connectivity index (χ2n) is 6.21. The molecular weight excluding hydrogens is 293 g/mol. The van der Waals surface area contributed by atoms with Crippen LogP contribution in [0.2, 0.25) is 0 Å². The van der Waals surface area contributed by atoms with Gasteiger partial charge >= 0.3 is 0 Å². The number of aliphatic hydroxyl groups excluding tert-OH is 1. The molecule has 0 saturated carbocycles. The Labute approximate surface area is 124 Å². The number of nitrogens with zero attached hydrogens (tertiary/aromatic N) is 1. The van der Waals surface area contributed by atoms with Gasteiger partial charge in [-0.2, -0.15) is 4.31 Å². The van der Waals surface area contributed by atoms with Gasteiger partial charge in [0.05, 0.1) is 11.0 Å². The van der Waals surface area contributed by atoms with Crippen molar-refractivity contribution in [1.29, 1.82) is 0 Å². The summed E-state index contributed by atoms with van der Waals surface area (Å²) in [5, 5.41) is 9.82. The first-order valence-electron chi connectivity index (χ1n) is 7.29. The van der Waals surface area contributed by atoms with Gasteiger partial charge in [-0.3, -0.25) is 0 Å². The van der Waals surface area contributed by atoms with E-state index in [1.807, 2.05) is 0 Å². The Kier molecular flexibility index (Phi) is 3.58. The van der Waals surface area contributed by atoms with Gasteiger partial charge in [0.15, 0.2) is 0 Å². The van der Waals surface area contributed by atoms with Crippen molar-refractivity contribution in [3.63, 3.8) is 0 Å². The third-order valence-corrected chi connectivity index (χ3v) is 6.91. The van der Waals surface area contributed by atoms with E-state index in [9.17, 15) is 17.9 Å². The smallest absolute Gasteiger partial charge is 0.244 e. The van der Waals surface area contributed by atoms with Gasteiger partial charge in [-0.15, -0.1) is 0 Å². The van der Waals surface area contributed by atoms with Crippen LogP contribution in [0.25, 0.3) is 0 Å². The van der Waals surface area contributed by atoms with Crippen LogP contribution in [0.3, 0.4) is 0 Å². The molecular formula is C15H20FNO3S. The maximum absolute atomic E-state index is 13.4. The molecule has 2 saturated heterocycles. The fourth-order valence-electron chi connectivity index (χ4n) is 3.91. The molecule has 1 aromatic carbocycles. The summed E-state index contributed by atoms with van der Waals surface area (Å²) in [6.45, 7) is 3.26. The lowest BCUT2D eigenvalue weighted by molar-refractivity contribution is 0.0768. The molecule has 2 aliphatic heterocycles. The molecule has 2 aliphatic rings. The second kappa shape index (κ2) is 5.04. The average molecular weight is 313 g/mol. The van der Waals surface area contributed by atoms with E-state index >= 15 is 0 Å². The molecule has 21 heavy (non-hydrogen) atoms. The highest BCUT2D eigenvalue weighted by Gasteiger charge is 2.47. The number of piperidine rings is 1. The van der Waals surface area contributed by atoms with E-state index in [-0.39, 0.29) is 17.0 Å². The minimum absolute atomic E-state index is 0.132. The summed E-state index contributed by atoms with van der Waals surface area (Å²) in [7, 11) is -3.64. The highest BCUT2D eigenvalue weighted by molar-refractivity contribution is 7.89. The zero-order chi connectivity index (χ0) is 15.4. The number of benzene rings is 1. The standard InChI is InChI=1S/C15H20FNO3S/c1-9-5-11(16)6-10(2)15(9)21(19,20)17-12-3-4-13(17)8-14(18)7-12/h5-6,12-14,18H,3-4,7-8H2,1-2H3. The lowest BCUT2D eigenvalue weighted by atomic mass is 10.0. The van der Waals surface area contributed by atoms with E-state index in [0.717, 1.165) is 12.8 Å². The summed E-state index contributed by atoms with van der Waals surface area (Å²) < 4.78 is 41.0. The number of rotatable bonds is 2. The highest BCUT2D eigenvalue weighted by atomic mass is 32.2. The largest absolute Gasteiger partial charge is 0.393 e. The van der Waals surface area contributed by atoms with Gasteiger partial charge in [0, 0.05) is 12.1 Å². The quantitative estimate of drug-likeness (QED) is 0.910. The van der Waals surface area contributed by atoms with Crippen LogP contribution in [0.15, 0.2) is 17.0 Å². The molecule has 116 valence electrons. The van der Waals surface area contributed by atoms with Crippen LogP contribution in [0, 0.1) is 19.7 Å². The number of hydrogen-bond acceptors (Lipinski definition) is 3. The van der Waals surface area contributed by atoms with Gasteiger partial charge < -0.3 is 5.11 Å². The molecule has 0 aromatic heterocycles. The minimum Gasteiger partial charge on any atom is -0.393 e. The Morgan fingerprint density at radius 2 is 1.62 bits per heavy atom. The summed E-state index contributed by atoms with van der Waals surface area (Å²) in [4.78, 5) is 0.220. The molecule has 1 aromatic rings. The molecule has 0 radical (unpaired) electrons. The number of aliphatic hydroxyl groups is 1. The molecule has 2 fully saturated rings. The van der Waals surface area contributed by atoms with Crippen molar-refractivity contribution in [1.82, 2.24) is 4.31 Å². The zero-order valence-corrected chi connectivity index (χ0v) is 13.0. The number of sulfonamides is 1. The topological polar surface area (TPSA) is 57.6 Å². The molecule has 2 atom stereocenters. The van der Waals surface area contributed by atoms with Crippen LogP contribution in [0.1, 0.15) is 36.8 Å². The van der Waals surface area contributed by atoms with Crippen LogP contribution < -0.4 is 0 Å². The molecule has 3 rings (SSSR count). The Morgan fingerprint density at radius 3 is 2.10 bits per heavy atom. The average Bonchev–Trinajstić information content (AvgIpc) is 2.61. The molecule has 0 aliphatic carbocycles. The summed E-state index contributed by atoms with van der Waals surface area (Å²) in [6.07, 6.45) is 2.16. The molecule has 2 bridgehead atoms. The Balaban J connectivity index is 2.06. The third-order valence-electron chi connectivity index (χ3n) is 4.60. The van der Waals surface area contributed by atoms with E-state index in [0.29, 0.717) is 24.0 Å². The number of halogens is 1. The van der Waals surface area contributed by atoms with Crippen LogP contribution in [0.4, 0.5) is 4.39 Å². The normalized spacial score (nSPS) is 29.8. The lowest BCUT2D eigenvalue weighted by Gasteiger charge is -2.36. The van der Waals surface area contributed by atoms with Crippen molar-refractivity contribution in [2.24, 2.45) is 0 Å². The van der Waals surface area contributed by atoms with Gasteiger partial charge in [0.1, 0.15) is 5.82 Å². The predicted octanol–water partition coefficient (Wildman–Crippen LogP) is 2.12. The van der Waals surface area contributed by atoms with Gasteiger partial charge in [-0.05, 0) is 62.8 Å². The minimum atomic E-state index is -3.64. The van der Waals surface area contributed by atoms with Crippen molar-refractivity contribution < 1.29 is 17.9 Å². The van der Waals surface area contributed by atoms with Gasteiger partial charge in [0.2, 0.25) is 10.0 Å². The summed E-state index contributed by atoms with van der Waals surface area (Å²) in [6, 6.07) is 2.27. The monoisotopic (exact) mass is 313 g/mol. The van der Waals surface area contributed by atoms with Crippen molar-refractivity contribution in [2.75, 3.05) is 0 Å². The highest BCUT2D eigenvalue weighted by Crippen LogP contribution is 2.40. The van der Waals surface area contributed by atoms with E-state index in [1.165, 1.54) is 12.1 Å². The van der Waals surface area contributed by atoms with Crippen molar-refractivity contribution in [3.05, 3.63) is 29.1 Å². The van der Waals surface area contributed by atoms with E-state index in [4.69, 9.17) is 0 Å². The number of hydrogen-bond donors (Lipinski definition) is 1. The van der Waals surface area contributed by atoms with Gasteiger partial charge in [0.25, 0.3) is 0 Å². The molecule has 0 amide bonds. The molecule has 2 unspecified atom stereocenters. The molecule has 6 heteroatoms. The van der Waals surface area contributed by atoms with E-state index < -0.39 is 21.9 Å². The first kappa shape index (κ1) is 14.9. The summed E-state index contributed by atoms with van der Waals surface area (Å²) in [5.41, 5.74) is 0.885. The van der Waals surface area contributed by atoms with E-state index in [1.54, 1.807) is 18.2 Å². The maximum Gasteiger partial charge on any atom is 0.244 e. The van der Waals surface area contributed by atoms with Gasteiger partial charge in [-0.1, -0.05) is 0 Å².